The highest BCUT2D eigenvalue weighted by Crippen LogP contribution is 2.24. The third-order valence-corrected chi connectivity index (χ3v) is 4.61. The van der Waals surface area contributed by atoms with Crippen molar-refractivity contribution in [3.8, 4) is 0 Å². The van der Waals surface area contributed by atoms with E-state index in [-0.39, 0.29) is 11.6 Å². The smallest absolute Gasteiger partial charge is 0.343 e. The van der Waals surface area contributed by atoms with Gasteiger partial charge in [0.25, 0.3) is 0 Å². The number of rotatable bonds is 3. The summed E-state index contributed by atoms with van der Waals surface area (Å²) in [6, 6.07) is 0. The summed E-state index contributed by atoms with van der Waals surface area (Å²) in [6.45, 7) is 3.31. The third kappa shape index (κ3) is 2.95. The summed E-state index contributed by atoms with van der Waals surface area (Å²) < 4.78 is 1.52. The minimum Gasteiger partial charge on any atom is -0.343 e. The minimum absolute atomic E-state index is 0.163. The number of nitrogens with one attached hydrogen (secondary N) is 1. The quantitative estimate of drug-likeness (QED) is 0.810. The second kappa shape index (κ2) is 5.60. The lowest BCUT2D eigenvalue weighted by Gasteiger charge is -2.30. The molecule has 6 nitrogen and oxygen atoms in total. The van der Waals surface area contributed by atoms with Crippen molar-refractivity contribution in [3.63, 3.8) is 0 Å². The number of nitrogens with zero attached hydrogens (tertiary/aromatic N) is 3. The summed E-state index contributed by atoms with van der Waals surface area (Å²) in [5, 5.41) is 7.13. The maximum absolute atomic E-state index is 11.2. The maximum atomic E-state index is 11.2. The molecule has 0 saturated carbocycles. The van der Waals surface area contributed by atoms with Gasteiger partial charge in [-0.1, -0.05) is 11.8 Å². The van der Waals surface area contributed by atoms with Crippen LogP contribution in [0.4, 0.5) is 0 Å². The molecule has 1 aliphatic heterocycles. The van der Waals surface area contributed by atoms with E-state index in [1.807, 2.05) is 4.90 Å². The number of thioether (sulfide) groups is 1. The molecule has 0 atom stereocenters. The van der Waals surface area contributed by atoms with E-state index in [0.717, 1.165) is 36.8 Å². The first-order valence-electron chi connectivity index (χ1n) is 6.07. The van der Waals surface area contributed by atoms with Gasteiger partial charge in [-0.25, -0.2) is 9.89 Å². The Labute approximate surface area is 110 Å². The highest BCUT2D eigenvalue weighted by molar-refractivity contribution is 7.99. The van der Waals surface area contributed by atoms with Gasteiger partial charge in [0.05, 0.1) is 0 Å². The molecule has 0 aliphatic carbocycles. The summed E-state index contributed by atoms with van der Waals surface area (Å²) in [6.07, 6.45) is 2.07. The van der Waals surface area contributed by atoms with E-state index >= 15 is 0 Å². The van der Waals surface area contributed by atoms with E-state index in [1.54, 1.807) is 25.7 Å². The molecule has 18 heavy (non-hydrogen) atoms. The van der Waals surface area contributed by atoms with Crippen LogP contribution in [0.2, 0.25) is 0 Å². The van der Waals surface area contributed by atoms with Crippen LogP contribution in [0.15, 0.2) is 9.95 Å². The highest BCUT2D eigenvalue weighted by atomic mass is 32.2. The first-order chi connectivity index (χ1) is 8.58. The molecule has 1 saturated heterocycles. The molecule has 1 fully saturated rings. The third-order valence-electron chi connectivity index (χ3n) is 3.35. The Morgan fingerprint density at radius 2 is 2.17 bits per heavy atom. The van der Waals surface area contributed by atoms with Gasteiger partial charge in [-0.15, -0.1) is 5.10 Å². The zero-order valence-electron chi connectivity index (χ0n) is 10.7. The molecule has 0 unspecified atom stereocenters. The van der Waals surface area contributed by atoms with Gasteiger partial charge in [0, 0.05) is 32.8 Å². The van der Waals surface area contributed by atoms with E-state index in [4.69, 9.17) is 0 Å². The van der Waals surface area contributed by atoms with Crippen molar-refractivity contribution in [2.45, 2.75) is 24.9 Å². The van der Waals surface area contributed by atoms with Gasteiger partial charge in [-0.05, 0) is 18.8 Å². The molecule has 2 rings (SSSR count). The number of carbonyl (C=O) groups excluding carboxylic acids is 1. The zero-order chi connectivity index (χ0) is 13.1. The van der Waals surface area contributed by atoms with Crippen LogP contribution in [0.1, 0.15) is 19.8 Å². The number of amides is 1. The van der Waals surface area contributed by atoms with Crippen molar-refractivity contribution in [1.82, 2.24) is 19.7 Å². The molecule has 1 aromatic heterocycles. The molecule has 0 bridgehead atoms. The van der Waals surface area contributed by atoms with Crippen LogP contribution in [-0.4, -0.2) is 44.4 Å². The minimum atomic E-state index is -0.177. The second-order valence-corrected chi connectivity index (χ2v) is 5.62. The molecule has 1 amide bonds. The Morgan fingerprint density at radius 1 is 1.50 bits per heavy atom. The largest absolute Gasteiger partial charge is 0.343 e. The lowest BCUT2D eigenvalue weighted by molar-refractivity contribution is -0.130. The molecule has 1 aliphatic rings. The first kappa shape index (κ1) is 13.2. The van der Waals surface area contributed by atoms with Gasteiger partial charge < -0.3 is 4.90 Å². The van der Waals surface area contributed by atoms with Crippen LogP contribution in [0.25, 0.3) is 0 Å². The summed E-state index contributed by atoms with van der Waals surface area (Å²) in [4.78, 5) is 24.3. The Bertz CT molecular complexity index is 474. The van der Waals surface area contributed by atoms with Gasteiger partial charge in [0.15, 0.2) is 5.16 Å². The van der Waals surface area contributed by atoms with Gasteiger partial charge in [0.1, 0.15) is 0 Å². The van der Waals surface area contributed by atoms with Crippen LogP contribution in [0.3, 0.4) is 0 Å². The van der Waals surface area contributed by atoms with Crippen LogP contribution in [-0.2, 0) is 11.8 Å². The maximum Gasteiger partial charge on any atom is 0.343 e. The van der Waals surface area contributed by atoms with Crippen molar-refractivity contribution in [3.05, 3.63) is 10.5 Å². The molecule has 2 heterocycles. The molecule has 1 N–H and O–H groups in total. The number of hydrogen-bond acceptors (Lipinski definition) is 4. The van der Waals surface area contributed by atoms with E-state index in [2.05, 4.69) is 10.2 Å². The SMILES string of the molecule is CC(=O)N1CCC(CSc2n[nH]c(=O)n2C)CC1. The van der Waals surface area contributed by atoms with Crippen molar-refractivity contribution in [1.29, 1.82) is 0 Å². The molecule has 0 aromatic carbocycles. The summed E-state index contributed by atoms with van der Waals surface area (Å²) in [5.74, 6) is 1.71. The Hall–Kier alpha value is -1.24. The molecular weight excluding hydrogens is 252 g/mol. The second-order valence-electron chi connectivity index (χ2n) is 4.63. The van der Waals surface area contributed by atoms with Crippen molar-refractivity contribution < 1.29 is 4.79 Å². The standard InChI is InChI=1S/C11H18N4O2S/c1-8(16)15-5-3-9(4-6-15)7-18-11-13-12-10(17)14(11)2/h9H,3-7H2,1-2H3,(H,12,17). The predicted molar refractivity (Wildman–Crippen MR) is 69.5 cm³/mol. The Balaban J connectivity index is 1.81. The van der Waals surface area contributed by atoms with E-state index < -0.39 is 0 Å². The van der Waals surface area contributed by atoms with Crippen LogP contribution in [0.5, 0.6) is 0 Å². The number of likely N-dealkylation sites (tertiary alicyclic amines) is 1. The monoisotopic (exact) mass is 270 g/mol. The van der Waals surface area contributed by atoms with Gasteiger partial charge in [-0.2, -0.15) is 0 Å². The molecule has 7 heteroatoms. The number of hydrogen-bond donors (Lipinski definition) is 1. The lowest BCUT2D eigenvalue weighted by Crippen LogP contribution is -2.37. The van der Waals surface area contributed by atoms with Crippen LogP contribution in [0, 0.1) is 5.92 Å². The average molecular weight is 270 g/mol. The van der Waals surface area contributed by atoms with Crippen molar-refractivity contribution in [2.24, 2.45) is 13.0 Å². The van der Waals surface area contributed by atoms with Crippen LogP contribution >= 0.6 is 11.8 Å². The fourth-order valence-electron chi connectivity index (χ4n) is 2.07. The number of aromatic amines is 1. The Morgan fingerprint density at radius 3 is 2.67 bits per heavy atom. The van der Waals surface area contributed by atoms with Crippen molar-refractivity contribution in [2.75, 3.05) is 18.8 Å². The molecule has 0 radical (unpaired) electrons. The number of H-pyrrole nitrogens is 1. The summed E-state index contributed by atoms with van der Waals surface area (Å²) in [5.41, 5.74) is -0.177. The Kier molecular flexibility index (Phi) is 4.11. The predicted octanol–water partition coefficient (Wildman–Crippen LogP) is 0.459. The number of piperidine rings is 1. The molecule has 0 spiro atoms. The van der Waals surface area contributed by atoms with Crippen molar-refractivity contribution >= 4 is 17.7 Å². The molecule has 1 aromatic rings. The summed E-state index contributed by atoms with van der Waals surface area (Å²) >= 11 is 1.60. The van der Waals surface area contributed by atoms with Gasteiger partial charge in [0.2, 0.25) is 5.91 Å². The molecule has 100 valence electrons. The van der Waals surface area contributed by atoms with E-state index in [9.17, 15) is 9.59 Å². The summed E-state index contributed by atoms with van der Waals surface area (Å²) in [7, 11) is 1.71. The number of aromatic nitrogens is 3. The van der Waals surface area contributed by atoms with Gasteiger partial charge >= 0.3 is 5.69 Å². The van der Waals surface area contributed by atoms with E-state index in [1.165, 1.54) is 4.57 Å². The molecular formula is C11H18N4O2S. The lowest BCUT2D eigenvalue weighted by atomic mass is 9.99. The first-order valence-corrected chi connectivity index (χ1v) is 7.06. The number of carbonyl (C=O) groups is 1. The topological polar surface area (TPSA) is 71.0 Å². The van der Waals surface area contributed by atoms with Gasteiger partial charge in [-0.3, -0.25) is 9.36 Å². The average Bonchev–Trinajstić information content (AvgIpc) is 2.68. The normalized spacial score (nSPS) is 17.1. The van der Waals surface area contributed by atoms with E-state index in [0.29, 0.717) is 5.92 Å². The zero-order valence-corrected chi connectivity index (χ0v) is 11.5. The highest BCUT2D eigenvalue weighted by Gasteiger charge is 2.21. The fourth-order valence-corrected chi connectivity index (χ4v) is 3.17. The fraction of sp³-hybridized carbons (Fsp3) is 0.727. The van der Waals surface area contributed by atoms with Crippen LogP contribution < -0.4 is 5.69 Å².